The summed E-state index contributed by atoms with van der Waals surface area (Å²) >= 11 is 12.2. The van der Waals surface area contributed by atoms with Crippen LogP contribution in [-0.2, 0) is 13.6 Å². The molecule has 0 aliphatic rings. The fourth-order valence-corrected chi connectivity index (χ4v) is 2.55. The molecule has 5 nitrogen and oxygen atoms in total. The summed E-state index contributed by atoms with van der Waals surface area (Å²) in [7, 11) is 1.74. The molecule has 0 amide bonds. The Hall–Kier alpha value is -1.85. The zero-order chi connectivity index (χ0) is 14.3. The molecule has 0 spiro atoms. The van der Waals surface area contributed by atoms with Crippen LogP contribution in [0.15, 0.2) is 35.5 Å². The lowest BCUT2D eigenvalue weighted by atomic mass is 10.2. The molecule has 0 radical (unpaired) electrons. The number of benzene rings is 1. The first-order valence-corrected chi connectivity index (χ1v) is 6.63. The minimum atomic E-state index is -0.168. The first-order chi connectivity index (χ1) is 9.58. The van der Waals surface area contributed by atoms with E-state index in [0.29, 0.717) is 26.6 Å². The van der Waals surface area contributed by atoms with Crippen LogP contribution in [0, 0.1) is 0 Å². The van der Waals surface area contributed by atoms with E-state index in [1.165, 1.54) is 17.1 Å². The molecule has 1 aromatic carbocycles. The minimum absolute atomic E-state index is 0.168. The maximum absolute atomic E-state index is 12.4. The van der Waals surface area contributed by atoms with Gasteiger partial charge in [0.1, 0.15) is 11.7 Å². The average molecular weight is 309 g/mol. The third-order valence-electron chi connectivity index (χ3n) is 3.11. The second-order valence-electron chi connectivity index (χ2n) is 4.38. The maximum atomic E-state index is 12.4. The number of rotatable bonds is 2. The molecule has 0 aliphatic heterocycles. The van der Waals surface area contributed by atoms with E-state index in [1.807, 2.05) is 0 Å². The fourth-order valence-electron chi connectivity index (χ4n) is 2.03. The number of nitrogens with zero attached hydrogens (tertiary/aromatic N) is 4. The highest BCUT2D eigenvalue weighted by molar-refractivity contribution is 6.35. The molecule has 20 heavy (non-hydrogen) atoms. The molecular formula is C13H10Cl2N4O. The summed E-state index contributed by atoms with van der Waals surface area (Å²) in [5, 5.41) is 5.55. The molecule has 2 aromatic heterocycles. The van der Waals surface area contributed by atoms with Crippen molar-refractivity contribution >= 4 is 34.2 Å². The van der Waals surface area contributed by atoms with E-state index in [0.717, 1.165) is 0 Å². The molecule has 3 aromatic rings. The van der Waals surface area contributed by atoms with Gasteiger partial charge in [-0.2, -0.15) is 5.10 Å². The number of aryl methyl sites for hydroxylation is 1. The summed E-state index contributed by atoms with van der Waals surface area (Å²) in [4.78, 5) is 16.6. The quantitative estimate of drug-likeness (QED) is 0.731. The van der Waals surface area contributed by atoms with Gasteiger partial charge in [-0.15, -0.1) is 0 Å². The summed E-state index contributed by atoms with van der Waals surface area (Å²) < 4.78 is 3.03. The predicted molar refractivity (Wildman–Crippen MR) is 78.3 cm³/mol. The van der Waals surface area contributed by atoms with Crippen LogP contribution < -0.4 is 5.56 Å². The van der Waals surface area contributed by atoms with E-state index in [2.05, 4.69) is 10.1 Å². The average Bonchev–Trinajstić information content (AvgIpc) is 2.79. The van der Waals surface area contributed by atoms with E-state index in [4.69, 9.17) is 23.2 Å². The van der Waals surface area contributed by atoms with E-state index in [-0.39, 0.29) is 12.1 Å². The highest BCUT2D eigenvalue weighted by Crippen LogP contribution is 2.24. The standard InChI is InChI=1S/C13H10Cl2N4O/c1-18-12-8(5-17-18)13(20)19(7-16-12)6-9-10(14)3-2-4-11(9)15/h2-5,7H,6H2,1H3. The highest BCUT2D eigenvalue weighted by atomic mass is 35.5. The first-order valence-electron chi connectivity index (χ1n) is 5.88. The van der Waals surface area contributed by atoms with E-state index in [9.17, 15) is 4.79 Å². The lowest BCUT2D eigenvalue weighted by Crippen LogP contribution is -2.21. The fraction of sp³-hybridized carbons (Fsp3) is 0.154. The van der Waals surface area contributed by atoms with Crippen molar-refractivity contribution in [3.8, 4) is 0 Å². The molecule has 0 aliphatic carbocycles. The number of hydrogen-bond acceptors (Lipinski definition) is 3. The highest BCUT2D eigenvalue weighted by Gasteiger charge is 2.11. The monoisotopic (exact) mass is 308 g/mol. The van der Waals surface area contributed by atoms with Crippen LogP contribution in [0.2, 0.25) is 10.0 Å². The van der Waals surface area contributed by atoms with Crippen LogP contribution in [0.25, 0.3) is 11.0 Å². The Morgan fingerprint density at radius 1 is 1.25 bits per heavy atom. The van der Waals surface area contributed by atoms with E-state index >= 15 is 0 Å². The number of aromatic nitrogens is 4. The van der Waals surface area contributed by atoms with Crippen LogP contribution in [0.5, 0.6) is 0 Å². The summed E-state index contributed by atoms with van der Waals surface area (Å²) in [5.41, 5.74) is 1.08. The van der Waals surface area contributed by atoms with Gasteiger partial charge in [0.2, 0.25) is 0 Å². The van der Waals surface area contributed by atoms with Crippen molar-refractivity contribution in [2.24, 2.45) is 7.05 Å². The second-order valence-corrected chi connectivity index (χ2v) is 5.20. The normalized spacial score (nSPS) is 11.2. The Bertz CT molecular complexity index is 833. The molecule has 0 fully saturated rings. The van der Waals surface area contributed by atoms with Crippen LogP contribution in [0.1, 0.15) is 5.56 Å². The number of fused-ring (bicyclic) bond motifs is 1. The van der Waals surface area contributed by atoms with Crippen molar-refractivity contribution < 1.29 is 0 Å². The van der Waals surface area contributed by atoms with Gasteiger partial charge in [0.25, 0.3) is 5.56 Å². The molecule has 7 heteroatoms. The molecule has 0 unspecified atom stereocenters. The summed E-state index contributed by atoms with van der Waals surface area (Å²) in [6, 6.07) is 5.24. The largest absolute Gasteiger partial charge is 0.294 e. The topological polar surface area (TPSA) is 52.7 Å². The van der Waals surface area contributed by atoms with Crippen molar-refractivity contribution in [2.75, 3.05) is 0 Å². The zero-order valence-electron chi connectivity index (χ0n) is 10.5. The van der Waals surface area contributed by atoms with Gasteiger partial charge in [-0.05, 0) is 12.1 Å². The second kappa shape index (κ2) is 4.92. The van der Waals surface area contributed by atoms with E-state index < -0.39 is 0 Å². The molecule has 2 heterocycles. The van der Waals surface area contributed by atoms with Gasteiger partial charge in [-0.25, -0.2) is 4.98 Å². The molecule has 3 rings (SSSR count). The summed E-state index contributed by atoms with van der Waals surface area (Å²) in [6.45, 7) is 0.273. The van der Waals surface area contributed by atoms with Crippen LogP contribution in [0.3, 0.4) is 0 Å². The maximum Gasteiger partial charge on any atom is 0.264 e. The van der Waals surface area contributed by atoms with E-state index in [1.54, 1.807) is 29.9 Å². The van der Waals surface area contributed by atoms with Gasteiger partial charge in [-0.3, -0.25) is 14.0 Å². The third-order valence-corrected chi connectivity index (χ3v) is 3.82. The molecule has 102 valence electrons. The smallest absolute Gasteiger partial charge is 0.264 e. The van der Waals surface area contributed by atoms with Crippen molar-refractivity contribution in [2.45, 2.75) is 6.54 Å². The van der Waals surface area contributed by atoms with Crippen molar-refractivity contribution in [1.82, 2.24) is 19.3 Å². The third kappa shape index (κ3) is 2.09. The molecule has 0 saturated heterocycles. The Labute approximate surface area is 124 Å². The molecular weight excluding hydrogens is 299 g/mol. The Kier molecular flexibility index (Phi) is 3.23. The zero-order valence-corrected chi connectivity index (χ0v) is 12.1. The SMILES string of the molecule is Cn1ncc2c(=O)n(Cc3c(Cl)cccc3Cl)cnc21. The molecule has 0 atom stereocenters. The Morgan fingerprint density at radius 2 is 1.95 bits per heavy atom. The minimum Gasteiger partial charge on any atom is -0.294 e. The van der Waals surface area contributed by atoms with Gasteiger partial charge in [0.05, 0.1) is 12.7 Å². The predicted octanol–water partition coefficient (Wildman–Crippen LogP) is 2.49. The van der Waals surface area contributed by atoms with Crippen molar-refractivity contribution in [3.63, 3.8) is 0 Å². The molecule has 0 saturated carbocycles. The molecule has 0 N–H and O–H groups in total. The number of halogens is 2. The van der Waals surface area contributed by atoms with Crippen LogP contribution in [0.4, 0.5) is 0 Å². The van der Waals surface area contributed by atoms with Gasteiger partial charge in [-0.1, -0.05) is 29.3 Å². The van der Waals surface area contributed by atoms with Gasteiger partial charge in [0.15, 0.2) is 5.65 Å². The lowest BCUT2D eigenvalue weighted by molar-refractivity contribution is 0.738. The molecule has 0 bridgehead atoms. The van der Waals surface area contributed by atoms with Crippen molar-refractivity contribution in [3.05, 3.63) is 56.7 Å². The lowest BCUT2D eigenvalue weighted by Gasteiger charge is -2.09. The summed E-state index contributed by atoms with van der Waals surface area (Å²) in [6.07, 6.45) is 2.99. The van der Waals surface area contributed by atoms with Gasteiger partial charge < -0.3 is 0 Å². The van der Waals surface area contributed by atoms with Crippen LogP contribution >= 0.6 is 23.2 Å². The summed E-state index contributed by atoms with van der Waals surface area (Å²) in [5.74, 6) is 0. The Balaban J connectivity index is 2.12. The van der Waals surface area contributed by atoms with Crippen molar-refractivity contribution in [1.29, 1.82) is 0 Å². The van der Waals surface area contributed by atoms with Gasteiger partial charge >= 0.3 is 0 Å². The number of hydrogen-bond donors (Lipinski definition) is 0. The van der Waals surface area contributed by atoms with Gasteiger partial charge in [0, 0.05) is 22.7 Å². The van der Waals surface area contributed by atoms with Crippen LogP contribution in [-0.4, -0.2) is 19.3 Å². The Morgan fingerprint density at radius 3 is 2.65 bits per heavy atom. The first kappa shape index (κ1) is 13.1.